The highest BCUT2D eigenvalue weighted by Crippen LogP contribution is 2.23. The predicted molar refractivity (Wildman–Crippen MR) is 96.2 cm³/mol. The lowest BCUT2D eigenvalue weighted by Crippen LogP contribution is -2.18. The van der Waals surface area contributed by atoms with Gasteiger partial charge >= 0.3 is 0 Å². The third kappa shape index (κ3) is 5.20. The fourth-order valence-corrected chi connectivity index (χ4v) is 2.29. The molecule has 2 nitrogen and oxygen atoms in total. The second-order valence-corrected chi connectivity index (χ2v) is 4.90. The summed E-state index contributed by atoms with van der Waals surface area (Å²) >= 11 is 0. The van der Waals surface area contributed by atoms with Crippen molar-refractivity contribution in [2.45, 2.75) is 19.4 Å². The zero-order valence-electron chi connectivity index (χ0n) is 12.8. The maximum Gasteiger partial charge on any atom is 0.0540 e. The topological polar surface area (TPSA) is 32.3 Å². The molecule has 0 bridgehead atoms. The van der Waals surface area contributed by atoms with Crippen LogP contribution in [0.5, 0.6) is 0 Å². The van der Waals surface area contributed by atoms with Gasteiger partial charge in [-0.1, -0.05) is 60.4 Å². The van der Waals surface area contributed by atoms with Gasteiger partial charge in [0, 0.05) is 19.0 Å². The van der Waals surface area contributed by atoms with E-state index in [0.717, 1.165) is 6.54 Å². The van der Waals surface area contributed by atoms with Crippen molar-refractivity contribution >= 4 is 23.2 Å². The van der Waals surface area contributed by atoms with Crippen molar-refractivity contribution in [2.75, 3.05) is 13.2 Å². The van der Waals surface area contributed by atoms with Gasteiger partial charge in [-0.3, -0.25) is 0 Å². The molecule has 0 amide bonds. The number of fused-ring (bicyclic) bond motifs is 1. The fraction of sp³-hybridized carbons (Fsp3) is 0.263. The molecule has 0 radical (unpaired) electrons. The van der Waals surface area contributed by atoms with Gasteiger partial charge in [0.15, 0.2) is 0 Å². The molecule has 3 heteroatoms. The molecule has 0 spiro atoms. The highest BCUT2D eigenvalue weighted by molar-refractivity contribution is 5.86. The Kier molecular flexibility index (Phi) is 8.32. The first-order chi connectivity index (χ1) is 10.3. The molecule has 0 aromatic heterocycles. The Bertz CT molecular complexity index is 664. The molecule has 0 saturated carbocycles. The highest BCUT2D eigenvalue weighted by Gasteiger charge is 2.07. The molecule has 1 atom stereocenters. The zero-order valence-corrected chi connectivity index (χ0v) is 13.6. The Hall–Kier alpha value is -1.79. The summed E-state index contributed by atoms with van der Waals surface area (Å²) in [5, 5.41) is 14.7. The predicted octanol–water partition coefficient (Wildman–Crippen LogP) is 3.85. The van der Waals surface area contributed by atoms with E-state index in [1.807, 2.05) is 12.2 Å². The lowest BCUT2D eigenvalue weighted by atomic mass is 10.00. The van der Waals surface area contributed by atoms with Crippen LogP contribution in [-0.4, -0.2) is 18.3 Å². The van der Waals surface area contributed by atoms with Crippen LogP contribution in [0.25, 0.3) is 10.8 Å². The minimum atomic E-state index is 0. The van der Waals surface area contributed by atoms with Gasteiger partial charge in [0.2, 0.25) is 0 Å². The van der Waals surface area contributed by atoms with Crippen LogP contribution in [0.3, 0.4) is 0 Å². The van der Waals surface area contributed by atoms with Crippen molar-refractivity contribution in [1.82, 2.24) is 5.32 Å². The first kappa shape index (κ1) is 18.3. The highest BCUT2D eigenvalue weighted by atomic mass is 35.5. The van der Waals surface area contributed by atoms with Crippen molar-refractivity contribution < 1.29 is 5.11 Å². The van der Waals surface area contributed by atoms with Gasteiger partial charge in [0.05, 0.1) is 6.61 Å². The number of aliphatic hydroxyl groups is 1. The van der Waals surface area contributed by atoms with E-state index in [1.165, 1.54) is 16.3 Å². The summed E-state index contributed by atoms with van der Waals surface area (Å²) < 4.78 is 0. The molecule has 2 N–H and O–H groups in total. The van der Waals surface area contributed by atoms with Crippen molar-refractivity contribution in [3.8, 4) is 11.8 Å². The smallest absolute Gasteiger partial charge is 0.0540 e. The van der Waals surface area contributed by atoms with Gasteiger partial charge in [0.25, 0.3) is 0 Å². The number of hydrogen-bond donors (Lipinski definition) is 2. The Morgan fingerprint density at radius 1 is 1.18 bits per heavy atom. The van der Waals surface area contributed by atoms with E-state index >= 15 is 0 Å². The van der Waals surface area contributed by atoms with Gasteiger partial charge < -0.3 is 10.4 Å². The van der Waals surface area contributed by atoms with Crippen LogP contribution in [0, 0.1) is 11.8 Å². The average Bonchev–Trinajstić information content (AvgIpc) is 2.53. The molecular formula is C19H22ClNO. The van der Waals surface area contributed by atoms with E-state index in [1.54, 1.807) is 0 Å². The molecule has 0 aliphatic carbocycles. The minimum Gasteiger partial charge on any atom is -0.395 e. The SMILES string of the molecule is CC(NC/C=C/C#CCCO)c1cccc2ccccc12.Cl. The normalized spacial score (nSPS) is 11.7. The van der Waals surface area contributed by atoms with Crippen LogP contribution in [0.4, 0.5) is 0 Å². The lowest BCUT2D eigenvalue weighted by molar-refractivity contribution is 0.305. The number of aliphatic hydroxyl groups excluding tert-OH is 1. The van der Waals surface area contributed by atoms with Gasteiger partial charge in [-0.15, -0.1) is 12.4 Å². The van der Waals surface area contributed by atoms with Crippen LogP contribution in [0.15, 0.2) is 54.6 Å². The van der Waals surface area contributed by atoms with Crippen molar-refractivity contribution in [3.63, 3.8) is 0 Å². The molecule has 0 fully saturated rings. The molecule has 1 unspecified atom stereocenters. The summed E-state index contributed by atoms with van der Waals surface area (Å²) in [4.78, 5) is 0. The quantitative estimate of drug-likeness (QED) is 0.821. The zero-order chi connectivity index (χ0) is 14.9. The third-order valence-corrected chi connectivity index (χ3v) is 3.37. The van der Waals surface area contributed by atoms with E-state index in [-0.39, 0.29) is 25.1 Å². The molecule has 2 aromatic carbocycles. The fourth-order valence-electron chi connectivity index (χ4n) is 2.29. The Morgan fingerprint density at radius 2 is 1.95 bits per heavy atom. The molecule has 2 rings (SSSR count). The first-order valence-corrected chi connectivity index (χ1v) is 7.28. The second-order valence-electron chi connectivity index (χ2n) is 4.90. The van der Waals surface area contributed by atoms with Gasteiger partial charge in [0.1, 0.15) is 0 Å². The maximum atomic E-state index is 8.62. The number of hydrogen-bond acceptors (Lipinski definition) is 2. The van der Waals surface area contributed by atoms with Crippen molar-refractivity contribution in [3.05, 3.63) is 60.2 Å². The Morgan fingerprint density at radius 3 is 2.77 bits per heavy atom. The maximum absolute atomic E-state index is 8.62. The summed E-state index contributed by atoms with van der Waals surface area (Å²) in [6.45, 7) is 3.07. The van der Waals surface area contributed by atoms with Crippen LogP contribution >= 0.6 is 12.4 Å². The van der Waals surface area contributed by atoms with Crippen LogP contribution in [0.1, 0.15) is 24.9 Å². The largest absolute Gasteiger partial charge is 0.395 e. The monoisotopic (exact) mass is 315 g/mol. The van der Waals surface area contributed by atoms with E-state index in [9.17, 15) is 0 Å². The van der Waals surface area contributed by atoms with E-state index < -0.39 is 0 Å². The standard InChI is InChI=1S/C19H21NO.ClH/c1-16(20-14-7-3-2-4-8-15-21)18-13-9-11-17-10-5-6-12-19(17)18;/h3,5-7,9-13,16,20-21H,8,14-15H2,1H3;1H/b7-3+;. The molecule has 0 aliphatic rings. The molecular weight excluding hydrogens is 294 g/mol. The summed E-state index contributed by atoms with van der Waals surface area (Å²) in [5.74, 6) is 5.76. The van der Waals surface area contributed by atoms with Gasteiger partial charge in [-0.2, -0.15) is 0 Å². The van der Waals surface area contributed by atoms with Crippen LogP contribution < -0.4 is 5.32 Å². The summed E-state index contributed by atoms with van der Waals surface area (Å²) in [5.41, 5.74) is 1.31. The number of nitrogens with one attached hydrogen (secondary N) is 1. The average molecular weight is 316 g/mol. The molecule has 2 aromatic rings. The van der Waals surface area contributed by atoms with Crippen LogP contribution in [0.2, 0.25) is 0 Å². The van der Waals surface area contributed by atoms with Crippen molar-refractivity contribution in [2.24, 2.45) is 0 Å². The number of benzene rings is 2. The third-order valence-electron chi connectivity index (χ3n) is 3.37. The molecule has 0 saturated heterocycles. The Labute approximate surface area is 138 Å². The van der Waals surface area contributed by atoms with E-state index in [0.29, 0.717) is 6.42 Å². The van der Waals surface area contributed by atoms with E-state index in [4.69, 9.17) is 5.11 Å². The minimum absolute atomic E-state index is 0. The molecule has 22 heavy (non-hydrogen) atoms. The second kappa shape index (κ2) is 10.0. The van der Waals surface area contributed by atoms with Gasteiger partial charge in [-0.05, 0) is 29.3 Å². The lowest BCUT2D eigenvalue weighted by Gasteiger charge is -2.15. The van der Waals surface area contributed by atoms with Crippen LogP contribution in [-0.2, 0) is 0 Å². The molecule has 116 valence electrons. The van der Waals surface area contributed by atoms with Gasteiger partial charge in [-0.25, -0.2) is 0 Å². The number of rotatable bonds is 5. The number of halogens is 1. The van der Waals surface area contributed by atoms with E-state index in [2.05, 4.69) is 66.5 Å². The Balaban J connectivity index is 0.00000242. The summed E-state index contributed by atoms with van der Waals surface area (Å²) in [6, 6.07) is 15.2. The molecule has 0 aliphatic heterocycles. The summed E-state index contributed by atoms with van der Waals surface area (Å²) in [7, 11) is 0. The number of allylic oxidation sites excluding steroid dienone is 1. The van der Waals surface area contributed by atoms with Crippen molar-refractivity contribution in [1.29, 1.82) is 0 Å². The summed E-state index contributed by atoms with van der Waals surface area (Å²) in [6.07, 6.45) is 4.37. The first-order valence-electron chi connectivity index (χ1n) is 7.28. The molecule has 0 heterocycles.